The van der Waals surface area contributed by atoms with Crippen LogP contribution in [0.2, 0.25) is 0 Å². The molecule has 1 saturated carbocycles. The number of hydrogen-bond donors (Lipinski definition) is 4. The zero-order valence-corrected chi connectivity index (χ0v) is 41.6. The minimum absolute atomic E-state index is 0.00246. The number of nitro benzene ring substituents is 1. The minimum atomic E-state index is -1.64. The third-order valence-corrected chi connectivity index (χ3v) is 13.8. The van der Waals surface area contributed by atoms with Crippen LogP contribution >= 0.6 is 0 Å². The number of non-ortho nitro benzene ring substituents is 1. The molecular formula is C54H68N4O15. The van der Waals surface area contributed by atoms with E-state index in [9.17, 15) is 30.2 Å². The largest absolute Gasteiger partial charge is 0.497 e. The number of aliphatic hydroxyl groups excluding tert-OH is 3. The topological polar surface area (TPSA) is 239 Å². The molecule has 19 heteroatoms. The van der Waals surface area contributed by atoms with Gasteiger partial charge in [0.1, 0.15) is 29.0 Å². The number of oxime groups is 1. The van der Waals surface area contributed by atoms with Crippen LogP contribution in [0.5, 0.6) is 23.0 Å². The van der Waals surface area contributed by atoms with Gasteiger partial charge in [0.05, 0.1) is 69.5 Å². The number of benzene rings is 3. The van der Waals surface area contributed by atoms with E-state index in [1.165, 1.54) is 32.4 Å². The van der Waals surface area contributed by atoms with Crippen molar-refractivity contribution in [2.45, 2.75) is 88.2 Å². The maximum atomic E-state index is 15.0. The second kappa shape index (κ2) is 26.6. The summed E-state index contributed by atoms with van der Waals surface area (Å²) >= 11 is 0. The van der Waals surface area contributed by atoms with Gasteiger partial charge in [-0.2, -0.15) is 0 Å². The Hall–Kier alpha value is -6.35. The second-order valence-electron chi connectivity index (χ2n) is 18.3. The van der Waals surface area contributed by atoms with Gasteiger partial charge in [0.2, 0.25) is 18.0 Å². The third kappa shape index (κ3) is 13.3. The molecule has 7 rings (SSSR count). The zero-order valence-electron chi connectivity index (χ0n) is 41.6. The van der Waals surface area contributed by atoms with Gasteiger partial charge in [-0.1, -0.05) is 30.1 Å². The molecule has 1 unspecified atom stereocenters. The molecule has 0 spiro atoms. The smallest absolute Gasteiger partial charge is 0.417 e. The number of amides is 2. The van der Waals surface area contributed by atoms with Gasteiger partial charge in [-0.05, 0) is 110 Å². The molecule has 0 radical (unpaired) electrons. The first kappa shape index (κ1) is 54.4. The van der Waals surface area contributed by atoms with Crippen LogP contribution in [-0.4, -0.2) is 128 Å². The highest BCUT2D eigenvalue weighted by Crippen LogP contribution is 2.62. The molecule has 2 heterocycles. The van der Waals surface area contributed by atoms with E-state index in [1.54, 1.807) is 65.6 Å². The third-order valence-electron chi connectivity index (χ3n) is 13.8. The van der Waals surface area contributed by atoms with Crippen LogP contribution in [0.25, 0.3) is 6.08 Å². The van der Waals surface area contributed by atoms with Crippen LogP contribution in [0.1, 0.15) is 81.3 Å². The van der Waals surface area contributed by atoms with E-state index in [4.69, 9.17) is 43.2 Å². The lowest BCUT2D eigenvalue weighted by molar-refractivity contribution is -0.384. The number of nitrogens with one attached hydrogen (secondary N) is 1. The van der Waals surface area contributed by atoms with Crippen molar-refractivity contribution in [3.8, 4) is 23.0 Å². The lowest BCUT2D eigenvalue weighted by atomic mass is 9.55. The molecule has 4 aliphatic rings. The lowest BCUT2D eigenvalue weighted by Crippen LogP contribution is -2.70. The van der Waals surface area contributed by atoms with Gasteiger partial charge in [-0.3, -0.25) is 20.2 Å². The molecule has 2 aliphatic carbocycles. The van der Waals surface area contributed by atoms with Gasteiger partial charge in [0.15, 0.2) is 0 Å². The summed E-state index contributed by atoms with van der Waals surface area (Å²) in [6.07, 6.45) is 11.8. The number of nitrogens with zero attached hydrogens (tertiary/aromatic N) is 3. The molecule has 3 aromatic carbocycles. The van der Waals surface area contributed by atoms with Crippen LogP contribution < -0.4 is 24.3 Å². The van der Waals surface area contributed by atoms with Crippen LogP contribution in [0.15, 0.2) is 96.2 Å². The van der Waals surface area contributed by atoms with Crippen molar-refractivity contribution in [3.63, 3.8) is 0 Å². The summed E-state index contributed by atoms with van der Waals surface area (Å²) in [5.74, 6) is -1.89. The number of anilines is 1. The number of allylic oxidation sites excluding steroid dienone is 1. The van der Waals surface area contributed by atoms with Gasteiger partial charge >= 0.3 is 6.09 Å². The van der Waals surface area contributed by atoms with Crippen molar-refractivity contribution < 1.29 is 67.8 Å². The fraction of sp³-hybridized carbons (Fsp3) is 0.500. The van der Waals surface area contributed by atoms with E-state index < -0.39 is 46.9 Å². The Balaban J connectivity index is 1.40. The Labute approximate surface area is 425 Å². The summed E-state index contributed by atoms with van der Waals surface area (Å²) in [6.45, 7) is 4.40. The highest BCUT2D eigenvalue weighted by molar-refractivity contribution is 6.03. The molecule has 2 aliphatic heterocycles. The highest BCUT2D eigenvalue weighted by atomic mass is 16.8. The molecule has 7 atom stereocenters. The Kier molecular flexibility index (Phi) is 19.8. The number of unbranched alkanes of at least 4 members (excludes halogenated alkanes) is 2. The maximum absolute atomic E-state index is 15.0. The summed E-state index contributed by atoms with van der Waals surface area (Å²) in [6, 6.07) is 15.0. The molecule has 2 fully saturated rings. The predicted molar refractivity (Wildman–Crippen MR) is 271 cm³/mol. The number of hydrogen-bond acceptors (Lipinski definition) is 16. The van der Waals surface area contributed by atoms with Crippen LogP contribution in [0, 0.1) is 27.9 Å². The summed E-state index contributed by atoms with van der Waals surface area (Å²) in [5, 5.41) is 48.9. The highest BCUT2D eigenvalue weighted by Gasteiger charge is 2.65. The number of carbonyl (C=O) groups excluding carboxylic acids is 2. The van der Waals surface area contributed by atoms with Gasteiger partial charge < -0.3 is 58.2 Å². The molecule has 0 bridgehead atoms. The van der Waals surface area contributed by atoms with Gasteiger partial charge in [-0.15, -0.1) is 6.58 Å². The van der Waals surface area contributed by atoms with E-state index >= 15 is 4.79 Å². The number of nitro groups is 1. The maximum Gasteiger partial charge on any atom is 0.417 e. The van der Waals surface area contributed by atoms with E-state index in [-0.39, 0.29) is 75.9 Å². The van der Waals surface area contributed by atoms with Crippen molar-refractivity contribution in [2.24, 2.45) is 22.9 Å². The first-order valence-corrected chi connectivity index (χ1v) is 25.1. The quantitative estimate of drug-likeness (QED) is 0.0196. The summed E-state index contributed by atoms with van der Waals surface area (Å²) in [5.41, 5.74) is 2.88. The van der Waals surface area contributed by atoms with Gasteiger partial charge in [0, 0.05) is 68.4 Å². The van der Waals surface area contributed by atoms with Crippen LogP contribution in [0.4, 0.5) is 16.2 Å². The Bertz CT molecular complexity index is 2440. The first-order valence-electron chi connectivity index (χ1n) is 25.1. The molecule has 19 nitrogen and oxygen atoms in total. The van der Waals surface area contributed by atoms with Gasteiger partial charge in [0.25, 0.3) is 5.69 Å². The number of fused-ring (bicyclic) bond motifs is 2. The van der Waals surface area contributed by atoms with Crippen molar-refractivity contribution in [2.75, 3.05) is 72.3 Å². The summed E-state index contributed by atoms with van der Waals surface area (Å²) in [4.78, 5) is 47.5. The monoisotopic (exact) mass is 1010 g/mol. The van der Waals surface area contributed by atoms with Gasteiger partial charge in [-0.25, -0.2) is 4.79 Å². The number of aliphatic hydroxyl groups is 3. The molecule has 394 valence electrons. The lowest BCUT2D eigenvalue weighted by Gasteiger charge is -2.60. The number of ether oxygens (including phenoxy) is 7. The number of carbonyl (C=O) groups is 2. The van der Waals surface area contributed by atoms with E-state index in [0.29, 0.717) is 79.3 Å². The molecule has 0 aromatic heterocycles. The molecule has 4 N–H and O–H groups in total. The van der Waals surface area contributed by atoms with E-state index in [0.717, 1.165) is 30.4 Å². The number of methoxy groups -OCH3 is 2. The Morgan fingerprint density at radius 1 is 0.959 bits per heavy atom. The summed E-state index contributed by atoms with van der Waals surface area (Å²) in [7, 11) is 3.01. The van der Waals surface area contributed by atoms with Crippen molar-refractivity contribution in [1.82, 2.24) is 4.90 Å². The SMILES string of the molecule is C=CCO[C@@]12Oc3ccc(OC(=O)Nc4ccc(OC)cc4OC)cc3[C@H]3[C@H](CCCCO)[C@@H](CCCCO)C=C(C(=NOC4CCCCO4)C[C@@H]1N(CCOCCO)C(=O)C=Cc1ccc([N+](=O)[O-])cc1)[C@H]32. The standard InChI is InChI=1S/C54H68N4O15/c1-4-28-70-54-48(57(24-30-68-31-27-61)49(62)23-16-36-14-17-38(18-15-36)58(64)65)35-45(56-73-50-13-7-10-29-69-50)42-32-37(11-5-8-25-59)41(12-6-9-26-60)51(52(42)54)43-33-40(20-22-46(43)72-54)71-53(63)55-44-21-19-39(66-2)34-47(44)67-3/h4,14-23,32-34,37,41,48,50-52,59-61H,1,5-13,24-31,35H2,2-3H3,(H,55,63)/t37-,41+,48-,50?,51+,52+,54+/m0/s1. The predicted octanol–water partition coefficient (Wildman–Crippen LogP) is 7.93. The summed E-state index contributed by atoms with van der Waals surface area (Å²) < 4.78 is 43.1. The van der Waals surface area contributed by atoms with Crippen molar-refractivity contribution in [1.29, 1.82) is 0 Å². The molecular weight excluding hydrogens is 945 g/mol. The molecule has 73 heavy (non-hydrogen) atoms. The minimum Gasteiger partial charge on any atom is -0.497 e. The fourth-order valence-corrected chi connectivity index (χ4v) is 10.5. The zero-order chi connectivity index (χ0) is 51.7. The van der Waals surface area contributed by atoms with Crippen LogP contribution in [-0.2, 0) is 23.8 Å². The molecule has 2 amide bonds. The Morgan fingerprint density at radius 3 is 2.44 bits per heavy atom. The molecule has 1 saturated heterocycles. The first-order chi connectivity index (χ1) is 35.6. The number of rotatable bonds is 26. The van der Waals surface area contributed by atoms with Crippen molar-refractivity contribution in [3.05, 3.63) is 112 Å². The van der Waals surface area contributed by atoms with Crippen molar-refractivity contribution >= 4 is 35.2 Å². The second-order valence-corrected chi connectivity index (χ2v) is 18.3. The fourth-order valence-electron chi connectivity index (χ4n) is 10.5. The Morgan fingerprint density at radius 2 is 1.74 bits per heavy atom. The van der Waals surface area contributed by atoms with Crippen LogP contribution in [0.3, 0.4) is 0 Å². The average molecular weight is 1010 g/mol. The normalized spacial score (nSPS) is 23.6. The van der Waals surface area contributed by atoms with E-state index in [2.05, 4.69) is 18.0 Å². The average Bonchev–Trinajstić information content (AvgIpc) is 3.40. The molecule has 3 aromatic rings. The van der Waals surface area contributed by atoms with E-state index in [1.807, 2.05) is 0 Å².